The van der Waals surface area contributed by atoms with Crippen LogP contribution in [-0.2, 0) is 9.53 Å². The molecule has 0 unspecified atom stereocenters. The molecule has 0 saturated carbocycles. The topological polar surface area (TPSA) is 64.1 Å². The van der Waals surface area contributed by atoms with Crippen molar-refractivity contribution >= 4 is 56.6 Å². The third-order valence-electron chi connectivity index (χ3n) is 5.33. The highest BCUT2D eigenvalue weighted by Gasteiger charge is 2.23. The molecule has 178 valence electrons. The highest BCUT2D eigenvalue weighted by Crippen LogP contribution is 2.33. The molecule has 0 atom stereocenters. The zero-order valence-corrected chi connectivity index (χ0v) is 21.0. The van der Waals surface area contributed by atoms with E-state index >= 15 is 0 Å². The number of morpholine rings is 1. The predicted octanol–water partition coefficient (Wildman–Crippen LogP) is 4.43. The number of carbonyl (C=O) groups excluding carboxylic acids is 1. The van der Waals surface area contributed by atoms with Gasteiger partial charge in [0, 0.05) is 31.2 Å². The second-order valence-electron chi connectivity index (χ2n) is 7.50. The highest BCUT2D eigenvalue weighted by molar-refractivity contribution is 7.22. The SMILES string of the molecule is COc1ccccc1OCC(=O)N(CCN1CCOCC1)c1nc2c(C)cc(Cl)cc2s1.Cl. The maximum atomic E-state index is 13.3. The molecule has 7 nitrogen and oxygen atoms in total. The standard InChI is InChI=1S/C23H26ClN3O4S.ClH/c1-16-13-17(24)14-20-22(16)25-23(32-20)27(8-7-26-9-11-30-12-10-26)21(28)15-31-19-6-4-3-5-18(19)29-2;/h3-6,13-14H,7-12,15H2,1-2H3;1H. The van der Waals surface area contributed by atoms with Crippen molar-refractivity contribution in [2.75, 3.05) is 58.0 Å². The van der Waals surface area contributed by atoms with Gasteiger partial charge in [-0.25, -0.2) is 4.98 Å². The minimum absolute atomic E-state index is 0. The lowest BCUT2D eigenvalue weighted by molar-refractivity contribution is -0.120. The molecule has 1 saturated heterocycles. The Morgan fingerprint density at radius 2 is 1.97 bits per heavy atom. The Labute approximate surface area is 208 Å². The van der Waals surface area contributed by atoms with Gasteiger partial charge in [-0.2, -0.15) is 0 Å². The Bertz CT molecular complexity index is 1090. The molecule has 0 N–H and O–H groups in total. The molecule has 2 aromatic carbocycles. The second kappa shape index (κ2) is 11.9. The van der Waals surface area contributed by atoms with Gasteiger partial charge in [-0.05, 0) is 36.8 Å². The van der Waals surface area contributed by atoms with Gasteiger partial charge in [0.1, 0.15) is 0 Å². The fourth-order valence-corrected chi connectivity index (χ4v) is 5.07. The maximum absolute atomic E-state index is 13.3. The number of methoxy groups -OCH3 is 1. The van der Waals surface area contributed by atoms with Gasteiger partial charge in [0.25, 0.3) is 5.91 Å². The summed E-state index contributed by atoms with van der Waals surface area (Å²) < 4.78 is 17.5. The number of hydrogen-bond acceptors (Lipinski definition) is 7. The van der Waals surface area contributed by atoms with E-state index in [1.165, 1.54) is 11.3 Å². The number of aromatic nitrogens is 1. The first-order valence-electron chi connectivity index (χ1n) is 10.5. The van der Waals surface area contributed by atoms with Crippen molar-refractivity contribution < 1.29 is 19.0 Å². The molecule has 0 spiro atoms. The zero-order chi connectivity index (χ0) is 22.5. The fourth-order valence-electron chi connectivity index (χ4n) is 3.61. The predicted molar refractivity (Wildman–Crippen MR) is 135 cm³/mol. The molecule has 0 radical (unpaired) electrons. The van der Waals surface area contributed by atoms with E-state index < -0.39 is 0 Å². The zero-order valence-electron chi connectivity index (χ0n) is 18.6. The second-order valence-corrected chi connectivity index (χ2v) is 8.95. The lowest BCUT2D eigenvalue weighted by atomic mass is 10.2. The third kappa shape index (κ3) is 6.28. The van der Waals surface area contributed by atoms with E-state index in [-0.39, 0.29) is 24.9 Å². The van der Waals surface area contributed by atoms with E-state index in [9.17, 15) is 4.79 Å². The maximum Gasteiger partial charge on any atom is 0.266 e. The lowest BCUT2D eigenvalue weighted by Crippen LogP contribution is -2.44. The van der Waals surface area contributed by atoms with Crippen LogP contribution in [0.5, 0.6) is 11.5 Å². The number of para-hydroxylation sites is 2. The number of amides is 1. The van der Waals surface area contributed by atoms with E-state index in [1.54, 1.807) is 24.1 Å². The number of nitrogens with zero attached hydrogens (tertiary/aromatic N) is 3. The van der Waals surface area contributed by atoms with Gasteiger partial charge >= 0.3 is 0 Å². The van der Waals surface area contributed by atoms with Gasteiger partial charge in [0.2, 0.25) is 0 Å². The van der Waals surface area contributed by atoms with Crippen molar-refractivity contribution in [2.24, 2.45) is 0 Å². The van der Waals surface area contributed by atoms with Gasteiger partial charge in [0.05, 0.1) is 30.5 Å². The Morgan fingerprint density at radius 3 is 2.70 bits per heavy atom. The number of anilines is 1. The van der Waals surface area contributed by atoms with Crippen molar-refractivity contribution in [3.8, 4) is 11.5 Å². The van der Waals surface area contributed by atoms with Crippen LogP contribution < -0.4 is 14.4 Å². The fraction of sp³-hybridized carbons (Fsp3) is 0.391. The summed E-state index contributed by atoms with van der Waals surface area (Å²) in [6.45, 7) is 6.25. The van der Waals surface area contributed by atoms with Crippen LogP contribution in [0.1, 0.15) is 5.56 Å². The van der Waals surface area contributed by atoms with Crippen LogP contribution in [0.4, 0.5) is 5.13 Å². The molecule has 1 fully saturated rings. The van der Waals surface area contributed by atoms with Crippen LogP contribution in [0.15, 0.2) is 36.4 Å². The van der Waals surface area contributed by atoms with Crippen LogP contribution in [0.25, 0.3) is 10.2 Å². The Hall–Kier alpha value is -2.10. The molecule has 1 amide bonds. The highest BCUT2D eigenvalue weighted by atomic mass is 35.5. The summed E-state index contributed by atoms with van der Waals surface area (Å²) in [5, 5.41) is 1.31. The number of halogens is 2. The molecule has 0 bridgehead atoms. The first-order chi connectivity index (χ1) is 15.5. The molecule has 4 rings (SSSR count). The van der Waals surface area contributed by atoms with Crippen molar-refractivity contribution in [3.63, 3.8) is 0 Å². The summed E-state index contributed by atoms with van der Waals surface area (Å²) >= 11 is 7.70. The molecule has 1 aliphatic rings. The monoisotopic (exact) mass is 511 g/mol. The molecule has 3 aromatic rings. The summed E-state index contributed by atoms with van der Waals surface area (Å²) in [6, 6.07) is 11.1. The van der Waals surface area contributed by atoms with E-state index in [2.05, 4.69) is 4.90 Å². The normalized spacial score (nSPS) is 14.0. The van der Waals surface area contributed by atoms with E-state index in [0.717, 1.165) is 35.4 Å². The number of fused-ring (bicyclic) bond motifs is 1. The van der Waals surface area contributed by atoms with E-state index in [0.29, 0.717) is 41.4 Å². The molecule has 1 aliphatic heterocycles. The summed E-state index contributed by atoms with van der Waals surface area (Å²) in [4.78, 5) is 22.0. The Balaban J connectivity index is 0.00000306. The molecule has 33 heavy (non-hydrogen) atoms. The van der Waals surface area contributed by atoms with Crippen LogP contribution in [0.2, 0.25) is 5.02 Å². The van der Waals surface area contributed by atoms with Crippen molar-refractivity contribution in [3.05, 3.63) is 47.0 Å². The van der Waals surface area contributed by atoms with E-state index in [1.807, 2.05) is 31.2 Å². The Kier molecular flexibility index (Phi) is 9.17. The van der Waals surface area contributed by atoms with Crippen molar-refractivity contribution in [1.29, 1.82) is 0 Å². The molecular weight excluding hydrogens is 485 g/mol. The average molecular weight is 512 g/mol. The first-order valence-corrected chi connectivity index (χ1v) is 11.7. The minimum atomic E-state index is -0.160. The van der Waals surface area contributed by atoms with Gasteiger partial charge in [-0.15, -0.1) is 12.4 Å². The molecular formula is C23H27Cl2N3O4S. The third-order valence-corrected chi connectivity index (χ3v) is 6.58. The first kappa shape index (κ1) is 25.5. The minimum Gasteiger partial charge on any atom is -0.493 e. The smallest absolute Gasteiger partial charge is 0.266 e. The number of ether oxygens (including phenoxy) is 3. The quantitative estimate of drug-likeness (QED) is 0.445. The number of aryl methyl sites for hydroxylation is 1. The van der Waals surface area contributed by atoms with Crippen molar-refractivity contribution in [2.45, 2.75) is 6.92 Å². The summed E-state index contributed by atoms with van der Waals surface area (Å²) in [6.07, 6.45) is 0. The number of carbonyl (C=O) groups is 1. The van der Waals surface area contributed by atoms with Crippen LogP contribution in [0.3, 0.4) is 0 Å². The summed E-state index contributed by atoms with van der Waals surface area (Å²) in [7, 11) is 1.58. The van der Waals surface area contributed by atoms with Crippen LogP contribution in [0, 0.1) is 6.92 Å². The van der Waals surface area contributed by atoms with Crippen molar-refractivity contribution in [1.82, 2.24) is 9.88 Å². The van der Waals surface area contributed by atoms with Gasteiger partial charge in [-0.3, -0.25) is 14.6 Å². The lowest BCUT2D eigenvalue weighted by Gasteiger charge is -2.29. The van der Waals surface area contributed by atoms with Crippen LogP contribution in [-0.4, -0.2) is 68.9 Å². The molecule has 10 heteroatoms. The number of hydrogen-bond donors (Lipinski definition) is 0. The largest absolute Gasteiger partial charge is 0.493 e. The van der Waals surface area contributed by atoms with E-state index in [4.69, 9.17) is 30.8 Å². The molecule has 2 heterocycles. The molecule has 0 aliphatic carbocycles. The number of rotatable bonds is 8. The molecule has 1 aromatic heterocycles. The van der Waals surface area contributed by atoms with Gasteiger partial charge in [0.15, 0.2) is 23.2 Å². The van der Waals surface area contributed by atoms with Gasteiger partial charge < -0.3 is 14.2 Å². The number of benzene rings is 2. The van der Waals surface area contributed by atoms with Gasteiger partial charge in [-0.1, -0.05) is 35.1 Å². The Morgan fingerprint density at radius 1 is 1.24 bits per heavy atom. The van der Waals surface area contributed by atoms with Crippen LogP contribution >= 0.6 is 35.3 Å². The summed E-state index contributed by atoms with van der Waals surface area (Å²) in [5.41, 5.74) is 1.85. The average Bonchev–Trinajstić information content (AvgIpc) is 3.22. The number of thiazole rings is 1. The summed E-state index contributed by atoms with van der Waals surface area (Å²) in [5.74, 6) is 0.959.